The summed E-state index contributed by atoms with van der Waals surface area (Å²) in [6.07, 6.45) is 0.853. The lowest BCUT2D eigenvalue weighted by molar-refractivity contribution is 0.627. The van der Waals surface area contributed by atoms with Gasteiger partial charge in [-0.2, -0.15) is 0 Å². The van der Waals surface area contributed by atoms with Crippen LogP contribution in [0.15, 0.2) is 97.1 Å². The van der Waals surface area contributed by atoms with Crippen LogP contribution in [0.1, 0.15) is 22.3 Å². The predicted octanol–water partition coefficient (Wildman–Crippen LogP) is 14.5. The van der Waals surface area contributed by atoms with Gasteiger partial charge in [0.15, 0.2) is 0 Å². The third-order valence-corrected chi connectivity index (χ3v) is 17.9. The molecule has 0 heterocycles. The van der Waals surface area contributed by atoms with Gasteiger partial charge in [0.1, 0.15) is 11.6 Å². The standard InChI is InChI=1S/C39H24F2I6/c1-20-28(29-15-16-30(35(43)21(29)2)22-3-9-26(40)10-4-22)13-7-24(34(20)42)19-25-8-14-32(38(46)36(25)44)33-18-17-31(37(45)39(33)47)23-5-11-27(41)12-6-23/h3-18H,19H2,1-2H3. The van der Waals surface area contributed by atoms with Crippen molar-refractivity contribution in [3.8, 4) is 44.5 Å². The summed E-state index contributed by atoms with van der Waals surface area (Å²) < 4.78 is 34.4. The Hall–Kier alpha value is -0.440. The zero-order valence-corrected chi connectivity index (χ0v) is 37.9. The second kappa shape index (κ2) is 15.4. The van der Waals surface area contributed by atoms with E-state index in [0.717, 1.165) is 28.7 Å². The largest absolute Gasteiger partial charge is 0.207 e. The molecule has 0 unspecified atom stereocenters. The maximum absolute atomic E-state index is 13.5. The Labute approximate surface area is 356 Å². The molecule has 0 aliphatic carbocycles. The fraction of sp³-hybridized carbons (Fsp3) is 0.0769. The van der Waals surface area contributed by atoms with Crippen LogP contribution in [0.4, 0.5) is 8.78 Å². The molecule has 236 valence electrons. The Bertz CT molecular complexity index is 2000. The highest BCUT2D eigenvalue weighted by atomic mass is 127. The molecule has 8 heteroatoms. The molecular formula is C39H24F2I6. The van der Waals surface area contributed by atoms with Crippen LogP contribution in [0, 0.1) is 46.9 Å². The molecule has 0 fully saturated rings. The molecule has 6 rings (SSSR count). The van der Waals surface area contributed by atoms with E-state index in [1.54, 1.807) is 0 Å². The van der Waals surface area contributed by atoms with E-state index in [4.69, 9.17) is 0 Å². The van der Waals surface area contributed by atoms with Crippen molar-refractivity contribution in [1.29, 1.82) is 0 Å². The number of halogens is 8. The van der Waals surface area contributed by atoms with Gasteiger partial charge in [0.05, 0.1) is 0 Å². The van der Waals surface area contributed by atoms with Crippen LogP contribution in [0.25, 0.3) is 44.5 Å². The zero-order chi connectivity index (χ0) is 33.6. The van der Waals surface area contributed by atoms with E-state index in [1.807, 2.05) is 24.3 Å². The SMILES string of the molecule is Cc1c(-c2ccc(-c3ccc(F)cc3)c(I)c2C)ccc(Cc2ccc(-c3ccc(-c4ccc(F)cc4)c(I)c3I)c(I)c2I)c1I. The Morgan fingerprint density at radius 2 is 0.702 bits per heavy atom. The first kappa shape index (κ1) is 36.4. The smallest absolute Gasteiger partial charge is 0.123 e. The highest BCUT2D eigenvalue weighted by Gasteiger charge is 2.19. The average Bonchev–Trinajstić information content (AvgIpc) is 3.06. The minimum absolute atomic E-state index is 0.221. The van der Waals surface area contributed by atoms with Crippen molar-refractivity contribution in [3.05, 3.63) is 152 Å². The Balaban J connectivity index is 1.29. The third kappa shape index (κ3) is 7.47. The van der Waals surface area contributed by atoms with Crippen LogP contribution in [0.3, 0.4) is 0 Å². The second-order valence-electron chi connectivity index (χ2n) is 11.2. The van der Waals surface area contributed by atoms with E-state index in [1.165, 1.54) is 90.2 Å². The molecule has 47 heavy (non-hydrogen) atoms. The summed E-state index contributed by atoms with van der Waals surface area (Å²) in [5.74, 6) is -0.444. The lowest BCUT2D eigenvalue weighted by Gasteiger charge is -2.18. The van der Waals surface area contributed by atoms with Crippen LogP contribution in [-0.2, 0) is 6.42 Å². The van der Waals surface area contributed by atoms with Crippen molar-refractivity contribution in [2.75, 3.05) is 0 Å². The minimum atomic E-state index is -0.223. The molecule has 0 nitrogen and oxygen atoms in total. The van der Waals surface area contributed by atoms with Gasteiger partial charge in [-0.25, -0.2) is 8.78 Å². The first-order chi connectivity index (χ1) is 22.5. The number of hydrogen-bond acceptors (Lipinski definition) is 0. The van der Waals surface area contributed by atoms with Crippen LogP contribution >= 0.6 is 136 Å². The van der Waals surface area contributed by atoms with E-state index < -0.39 is 0 Å². The highest BCUT2D eigenvalue weighted by Crippen LogP contribution is 2.41. The molecule has 0 spiro atoms. The fourth-order valence-electron chi connectivity index (χ4n) is 5.75. The van der Waals surface area contributed by atoms with Crippen molar-refractivity contribution in [2.45, 2.75) is 20.3 Å². The van der Waals surface area contributed by atoms with E-state index in [2.05, 4.69) is 198 Å². The summed E-state index contributed by atoms with van der Waals surface area (Å²) >= 11 is 14.8. The molecule has 0 saturated heterocycles. The van der Waals surface area contributed by atoms with Gasteiger partial charge >= 0.3 is 0 Å². The Morgan fingerprint density at radius 3 is 1.23 bits per heavy atom. The number of rotatable bonds is 6. The molecular weight excluding hydrogens is 1270 g/mol. The Kier molecular flexibility index (Phi) is 11.9. The van der Waals surface area contributed by atoms with Gasteiger partial charge in [-0.1, -0.05) is 72.8 Å². The lowest BCUT2D eigenvalue weighted by Crippen LogP contribution is -2.02. The van der Waals surface area contributed by atoms with Crippen molar-refractivity contribution < 1.29 is 8.78 Å². The monoisotopic (exact) mass is 1290 g/mol. The van der Waals surface area contributed by atoms with Gasteiger partial charge in [-0.05, 0) is 247 Å². The molecule has 0 N–H and O–H groups in total. The van der Waals surface area contributed by atoms with Crippen molar-refractivity contribution in [3.63, 3.8) is 0 Å². The molecule has 0 aromatic heterocycles. The first-order valence-corrected chi connectivity index (χ1v) is 21.0. The van der Waals surface area contributed by atoms with E-state index >= 15 is 0 Å². The van der Waals surface area contributed by atoms with Crippen LogP contribution in [-0.4, -0.2) is 0 Å². The average molecular weight is 1290 g/mol. The zero-order valence-electron chi connectivity index (χ0n) is 25.0. The summed E-state index contributed by atoms with van der Waals surface area (Å²) in [7, 11) is 0. The summed E-state index contributed by atoms with van der Waals surface area (Å²) in [6, 6.07) is 31.2. The number of benzene rings is 6. The van der Waals surface area contributed by atoms with Gasteiger partial charge in [-0.3, -0.25) is 0 Å². The molecule has 6 aromatic carbocycles. The third-order valence-electron chi connectivity index (χ3n) is 8.37. The summed E-state index contributed by atoms with van der Waals surface area (Å²) in [5.41, 5.74) is 14.3. The fourth-order valence-corrected chi connectivity index (χ4v) is 10.2. The summed E-state index contributed by atoms with van der Waals surface area (Å²) in [5, 5.41) is 0. The molecule has 0 amide bonds. The van der Waals surface area contributed by atoms with Crippen molar-refractivity contribution in [2.24, 2.45) is 0 Å². The molecule has 0 atom stereocenters. The maximum atomic E-state index is 13.5. The molecule has 0 radical (unpaired) electrons. The lowest BCUT2D eigenvalue weighted by atomic mass is 9.91. The van der Waals surface area contributed by atoms with Crippen molar-refractivity contribution >= 4 is 136 Å². The quantitative estimate of drug-likeness (QED) is 0.146. The molecule has 0 aliphatic rings. The predicted molar refractivity (Wildman–Crippen MR) is 243 cm³/mol. The summed E-state index contributed by atoms with van der Waals surface area (Å²) in [4.78, 5) is 0. The Morgan fingerprint density at radius 1 is 0.362 bits per heavy atom. The molecule has 6 aromatic rings. The maximum Gasteiger partial charge on any atom is 0.123 e. The topological polar surface area (TPSA) is 0 Å². The molecule has 0 saturated carbocycles. The van der Waals surface area contributed by atoms with Gasteiger partial charge < -0.3 is 0 Å². The van der Waals surface area contributed by atoms with Crippen molar-refractivity contribution in [1.82, 2.24) is 0 Å². The normalized spacial score (nSPS) is 11.3. The first-order valence-electron chi connectivity index (χ1n) is 14.5. The molecule has 0 bridgehead atoms. The van der Waals surface area contributed by atoms with Crippen LogP contribution < -0.4 is 0 Å². The highest BCUT2D eigenvalue weighted by molar-refractivity contribution is 14.1. The second-order valence-corrected chi connectivity index (χ2v) is 17.7. The number of hydrogen-bond donors (Lipinski definition) is 0. The van der Waals surface area contributed by atoms with Gasteiger partial charge in [0, 0.05) is 21.4 Å². The van der Waals surface area contributed by atoms with Crippen LogP contribution in [0.2, 0.25) is 0 Å². The van der Waals surface area contributed by atoms with Crippen LogP contribution in [0.5, 0.6) is 0 Å². The van der Waals surface area contributed by atoms with E-state index in [9.17, 15) is 8.78 Å². The van der Waals surface area contributed by atoms with Gasteiger partial charge in [0.25, 0.3) is 0 Å². The van der Waals surface area contributed by atoms with E-state index in [0.29, 0.717) is 0 Å². The van der Waals surface area contributed by atoms with Gasteiger partial charge in [0.2, 0.25) is 0 Å². The molecule has 0 aliphatic heterocycles. The van der Waals surface area contributed by atoms with E-state index in [-0.39, 0.29) is 11.6 Å². The van der Waals surface area contributed by atoms with Gasteiger partial charge in [-0.15, -0.1) is 0 Å². The minimum Gasteiger partial charge on any atom is -0.207 e. The summed E-state index contributed by atoms with van der Waals surface area (Å²) in [6.45, 7) is 4.40.